The predicted molar refractivity (Wildman–Crippen MR) is 85.3 cm³/mol. The Bertz CT molecular complexity index is 719. The summed E-state index contributed by atoms with van der Waals surface area (Å²) in [6.07, 6.45) is 6.87. The molecule has 1 heterocycles. The maximum atomic E-state index is 2.38. The maximum Gasteiger partial charge on any atom is 0.0223 e. The third-order valence-corrected chi connectivity index (χ3v) is 6.50. The molecule has 0 nitrogen and oxygen atoms in total. The summed E-state index contributed by atoms with van der Waals surface area (Å²) in [5.41, 5.74) is 8.26. The Balaban J connectivity index is 1.76. The van der Waals surface area contributed by atoms with Crippen LogP contribution in [0.25, 0.3) is 11.1 Å². The standard InChI is InChI=1S/C19H18S/c1-2-6-13-12(5-1)11-17-15-8-4-3-7-14(15)16-9-10-20-19(16)18(13)17/h3-4,7-10,17-18H,1-2,5-6,11H2/t17-,18-/m1/s1. The van der Waals surface area contributed by atoms with E-state index in [1.807, 2.05) is 22.5 Å². The van der Waals surface area contributed by atoms with Crippen LogP contribution in [-0.2, 0) is 0 Å². The van der Waals surface area contributed by atoms with Gasteiger partial charge in [-0.3, -0.25) is 0 Å². The normalized spacial score (nSPS) is 26.8. The van der Waals surface area contributed by atoms with Crippen LogP contribution in [0.4, 0.5) is 0 Å². The second-order valence-corrected chi connectivity index (χ2v) is 7.36. The smallest absolute Gasteiger partial charge is 0.0223 e. The summed E-state index contributed by atoms with van der Waals surface area (Å²) in [5, 5.41) is 2.30. The van der Waals surface area contributed by atoms with Crippen molar-refractivity contribution in [2.75, 3.05) is 0 Å². The molecule has 0 aliphatic heterocycles. The van der Waals surface area contributed by atoms with Crippen LogP contribution in [0.15, 0.2) is 46.9 Å². The zero-order valence-corrected chi connectivity index (χ0v) is 12.4. The van der Waals surface area contributed by atoms with Gasteiger partial charge in [0.2, 0.25) is 0 Å². The molecule has 0 fully saturated rings. The molecule has 20 heavy (non-hydrogen) atoms. The Morgan fingerprint density at radius 1 is 0.950 bits per heavy atom. The van der Waals surface area contributed by atoms with Crippen LogP contribution in [0.3, 0.4) is 0 Å². The van der Waals surface area contributed by atoms with Gasteiger partial charge in [-0.1, -0.05) is 35.4 Å². The van der Waals surface area contributed by atoms with Gasteiger partial charge >= 0.3 is 0 Å². The highest BCUT2D eigenvalue weighted by molar-refractivity contribution is 7.10. The van der Waals surface area contributed by atoms with Gasteiger partial charge in [-0.2, -0.15) is 0 Å². The van der Waals surface area contributed by atoms with Crippen molar-refractivity contribution >= 4 is 11.3 Å². The molecule has 0 saturated heterocycles. The van der Waals surface area contributed by atoms with E-state index in [1.165, 1.54) is 43.2 Å². The van der Waals surface area contributed by atoms with Crippen molar-refractivity contribution in [1.29, 1.82) is 0 Å². The third-order valence-electron chi connectivity index (χ3n) is 5.50. The van der Waals surface area contributed by atoms with Crippen molar-refractivity contribution in [3.05, 3.63) is 57.3 Å². The molecule has 0 N–H and O–H groups in total. The van der Waals surface area contributed by atoms with Crippen LogP contribution in [0.1, 0.15) is 54.4 Å². The van der Waals surface area contributed by atoms with Crippen LogP contribution in [0.5, 0.6) is 0 Å². The van der Waals surface area contributed by atoms with Crippen LogP contribution >= 0.6 is 11.3 Å². The topological polar surface area (TPSA) is 0 Å². The van der Waals surface area contributed by atoms with E-state index in [9.17, 15) is 0 Å². The Labute approximate surface area is 124 Å². The van der Waals surface area contributed by atoms with E-state index in [0.717, 1.165) is 11.8 Å². The highest BCUT2D eigenvalue weighted by Crippen LogP contribution is 2.60. The van der Waals surface area contributed by atoms with Crippen molar-refractivity contribution in [3.8, 4) is 11.1 Å². The monoisotopic (exact) mass is 278 g/mol. The zero-order valence-electron chi connectivity index (χ0n) is 11.6. The second-order valence-electron chi connectivity index (χ2n) is 6.41. The molecular weight excluding hydrogens is 260 g/mol. The first kappa shape index (κ1) is 11.3. The van der Waals surface area contributed by atoms with Crippen LogP contribution in [-0.4, -0.2) is 0 Å². The highest BCUT2D eigenvalue weighted by atomic mass is 32.1. The van der Waals surface area contributed by atoms with E-state index >= 15 is 0 Å². The van der Waals surface area contributed by atoms with Crippen molar-refractivity contribution in [2.24, 2.45) is 0 Å². The van der Waals surface area contributed by atoms with Crippen molar-refractivity contribution in [1.82, 2.24) is 0 Å². The molecular formula is C19H18S. The summed E-state index contributed by atoms with van der Waals surface area (Å²) in [6.45, 7) is 0. The highest BCUT2D eigenvalue weighted by Gasteiger charge is 2.42. The molecule has 0 unspecified atom stereocenters. The molecule has 2 atom stereocenters. The Morgan fingerprint density at radius 2 is 1.85 bits per heavy atom. The van der Waals surface area contributed by atoms with Gasteiger partial charge in [0.25, 0.3) is 0 Å². The summed E-state index contributed by atoms with van der Waals surface area (Å²) in [5.74, 6) is 1.45. The quantitative estimate of drug-likeness (QED) is 0.529. The van der Waals surface area contributed by atoms with Gasteiger partial charge in [-0.25, -0.2) is 0 Å². The predicted octanol–water partition coefficient (Wildman–Crippen LogP) is 5.87. The molecule has 1 aromatic heterocycles. The van der Waals surface area contributed by atoms with Gasteiger partial charge < -0.3 is 0 Å². The number of thiophene rings is 1. The molecule has 0 radical (unpaired) electrons. The number of hydrogen-bond acceptors (Lipinski definition) is 1. The Morgan fingerprint density at radius 3 is 2.85 bits per heavy atom. The number of benzene rings is 1. The van der Waals surface area contributed by atoms with E-state index in [0.29, 0.717) is 0 Å². The summed E-state index contributed by atoms with van der Waals surface area (Å²) in [4.78, 5) is 1.65. The molecule has 0 bridgehead atoms. The van der Waals surface area contributed by atoms with Gasteiger partial charge in [0.05, 0.1) is 0 Å². The van der Waals surface area contributed by atoms with E-state index in [1.54, 1.807) is 10.4 Å². The molecule has 100 valence electrons. The lowest BCUT2D eigenvalue weighted by molar-refractivity contribution is 0.626. The van der Waals surface area contributed by atoms with Gasteiger partial charge in [0, 0.05) is 10.8 Å². The number of rotatable bonds is 0. The molecule has 1 aromatic carbocycles. The first-order chi connectivity index (χ1) is 9.93. The summed E-state index contributed by atoms with van der Waals surface area (Å²) in [6, 6.07) is 11.5. The molecule has 3 aliphatic carbocycles. The number of allylic oxidation sites excluding steroid dienone is 2. The lowest BCUT2D eigenvalue weighted by atomic mass is 9.74. The van der Waals surface area contributed by atoms with E-state index in [4.69, 9.17) is 0 Å². The fraction of sp³-hybridized carbons (Fsp3) is 0.368. The number of hydrogen-bond donors (Lipinski definition) is 0. The second kappa shape index (κ2) is 4.08. The average Bonchev–Trinajstić information content (AvgIpc) is 3.11. The molecule has 0 amide bonds. The fourth-order valence-electron chi connectivity index (χ4n) is 4.71. The summed E-state index contributed by atoms with van der Waals surface area (Å²) < 4.78 is 0. The van der Waals surface area contributed by atoms with Gasteiger partial charge in [-0.05, 0) is 66.2 Å². The van der Waals surface area contributed by atoms with E-state index in [-0.39, 0.29) is 0 Å². The van der Waals surface area contributed by atoms with Crippen molar-refractivity contribution in [3.63, 3.8) is 0 Å². The van der Waals surface area contributed by atoms with E-state index < -0.39 is 0 Å². The van der Waals surface area contributed by atoms with Gasteiger partial charge in [0.1, 0.15) is 0 Å². The first-order valence-electron chi connectivity index (χ1n) is 7.81. The minimum atomic E-state index is 0.718. The fourth-order valence-corrected chi connectivity index (χ4v) is 5.82. The maximum absolute atomic E-state index is 2.38. The minimum absolute atomic E-state index is 0.718. The molecule has 0 spiro atoms. The largest absolute Gasteiger partial charge is 0.148 e. The molecule has 5 rings (SSSR count). The SMILES string of the molecule is c1ccc2c(c1)-c1ccsc1[C@@H]1C3=C(CCCC3)C[C@H]21. The average molecular weight is 278 g/mol. The van der Waals surface area contributed by atoms with Crippen molar-refractivity contribution in [2.45, 2.75) is 43.9 Å². The van der Waals surface area contributed by atoms with E-state index in [2.05, 4.69) is 35.7 Å². The van der Waals surface area contributed by atoms with Crippen molar-refractivity contribution < 1.29 is 0 Å². The molecule has 0 saturated carbocycles. The lowest BCUT2D eigenvalue weighted by Crippen LogP contribution is -2.13. The third kappa shape index (κ3) is 1.37. The molecule has 3 aliphatic rings. The molecule has 1 heteroatoms. The zero-order chi connectivity index (χ0) is 13.1. The molecule has 2 aromatic rings. The van der Waals surface area contributed by atoms with Gasteiger partial charge in [-0.15, -0.1) is 11.3 Å². The summed E-state index contributed by atoms with van der Waals surface area (Å²) >= 11 is 1.99. The Hall–Kier alpha value is -1.34. The lowest BCUT2D eigenvalue weighted by Gasteiger charge is -2.31. The first-order valence-corrected chi connectivity index (χ1v) is 8.69. The van der Waals surface area contributed by atoms with Crippen LogP contribution in [0.2, 0.25) is 0 Å². The van der Waals surface area contributed by atoms with Crippen LogP contribution in [0, 0.1) is 0 Å². The Kier molecular flexibility index (Phi) is 2.31. The van der Waals surface area contributed by atoms with Gasteiger partial charge in [0.15, 0.2) is 0 Å². The minimum Gasteiger partial charge on any atom is -0.148 e. The number of fused-ring (bicyclic) bond motifs is 7. The summed E-state index contributed by atoms with van der Waals surface area (Å²) in [7, 11) is 0. The van der Waals surface area contributed by atoms with Crippen LogP contribution < -0.4 is 0 Å².